The lowest BCUT2D eigenvalue weighted by molar-refractivity contribution is -0.141. The van der Waals surface area contributed by atoms with E-state index in [1.54, 1.807) is 11.8 Å². The van der Waals surface area contributed by atoms with E-state index in [9.17, 15) is 9.59 Å². The summed E-state index contributed by atoms with van der Waals surface area (Å²) in [6.45, 7) is 8.66. The number of thioether (sulfide) groups is 1. The second-order valence-electron chi connectivity index (χ2n) is 8.15. The topological polar surface area (TPSA) is 77.4 Å². The van der Waals surface area contributed by atoms with Crippen LogP contribution in [0.25, 0.3) is 0 Å². The van der Waals surface area contributed by atoms with Crippen LogP contribution >= 0.6 is 11.8 Å². The van der Waals surface area contributed by atoms with Gasteiger partial charge in [-0.15, -0.1) is 0 Å². The van der Waals surface area contributed by atoms with E-state index in [2.05, 4.69) is 4.99 Å². The van der Waals surface area contributed by atoms with Gasteiger partial charge in [0.05, 0.1) is 35.8 Å². The number of nitrogens with zero attached hydrogens (tertiary/aromatic N) is 2. The molecule has 2 aliphatic heterocycles. The van der Waals surface area contributed by atoms with Crippen molar-refractivity contribution in [1.82, 2.24) is 4.90 Å². The Kier molecular flexibility index (Phi) is 7.80. The van der Waals surface area contributed by atoms with Crippen molar-refractivity contribution in [2.24, 2.45) is 4.99 Å². The van der Waals surface area contributed by atoms with E-state index >= 15 is 0 Å². The second-order valence-corrected chi connectivity index (χ2v) is 9.32. The Bertz CT molecular complexity index is 1160. The predicted octanol–water partition coefficient (Wildman–Crippen LogP) is 5.27. The first-order valence-corrected chi connectivity index (χ1v) is 12.8. The number of benzene rings is 2. The lowest BCUT2D eigenvalue weighted by Gasteiger charge is -2.33. The summed E-state index contributed by atoms with van der Waals surface area (Å²) in [7, 11) is 0. The normalized spacial score (nSPS) is 19.4. The SMILES string of the molecule is CCOc1ccc([C@@H]2C(C(=O)OCc3ccccc3)=C(C)N=C3S[C@@H](CC)C(=O)N32)cc1OCC. The highest BCUT2D eigenvalue weighted by molar-refractivity contribution is 8.15. The molecule has 1 saturated heterocycles. The number of allylic oxidation sites excluding steroid dienone is 1. The summed E-state index contributed by atoms with van der Waals surface area (Å²) in [5.74, 6) is 0.625. The molecule has 0 unspecified atom stereocenters. The molecule has 8 heteroatoms. The summed E-state index contributed by atoms with van der Waals surface area (Å²) in [6.07, 6.45) is 0.673. The number of fused-ring (bicyclic) bond motifs is 1. The summed E-state index contributed by atoms with van der Waals surface area (Å²) in [4.78, 5) is 33.1. The molecule has 184 valence electrons. The highest BCUT2D eigenvalue weighted by Crippen LogP contribution is 2.45. The lowest BCUT2D eigenvalue weighted by Crippen LogP contribution is -2.40. The van der Waals surface area contributed by atoms with Crippen LogP contribution in [-0.2, 0) is 20.9 Å². The molecule has 2 heterocycles. The van der Waals surface area contributed by atoms with Gasteiger partial charge in [0, 0.05) is 0 Å². The van der Waals surface area contributed by atoms with Crippen LogP contribution in [-0.4, -0.2) is 40.4 Å². The summed E-state index contributed by atoms with van der Waals surface area (Å²) in [6, 6.07) is 14.4. The minimum absolute atomic E-state index is 0.0612. The van der Waals surface area contributed by atoms with Gasteiger partial charge >= 0.3 is 5.97 Å². The minimum atomic E-state index is -0.669. The number of amidine groups is 1. The monoisotopic (exact) mass is 494 g/mol. The molecule has 0 saturated carbocycles. The molecule has 1 fully saturated rings. The fourth-order valence-electron chi connectivity index (χ4n) is 4.20. The van der Waals surface area contributed by atoms with Crippen molar-refractivity contribution in [1.29, 1.82) is 0 Å². The molecule has 2 aromatic carbocycles. The van der Waals surface area contributed by atoms with Crippen LogP contribution in [0.3, 0.4) is 0 Å². The third-order valence-electron chi connectivity index (χ3n) is 5.84. The van der Waals surface area contributed by atoms with Crippen molar-refractivity contribution in [3.05, 3.63) is 70.9 Å². The molecular weight excluding hydrogens is 464 g/mol. The van der Waals surface area contributed by atoms with Crippen molar-refractivity contribution >= 4 is 28.8 Å². The van der Waals surface area contributed by atoms with Gasteiger partial charge in [0.25, 0.3) is 0 Å². The zero-order valence-electron chi connectivity index (χ0n) is 20.4. The first-order chi connectivity index (χ1) is 17.0. The molecule has 0 aliphatic carbocycles. The molecule has 0 N–H and O–H groups in total. The largest absolute Gasteiger partial charge is 0.490 e. The van der Waals surface area contributed by atoms with Gasteiger partial charge in [-0.05, 0) is 50.5 Å². The number of esters is 1. The average Bonchev–Trinajstić information content (AvgIpc) is 3.18. The van der Waals surface area contributed by atoms with E-state index in [0.29, 0.717) is 47.6 Å². The van der Waals surface area contributed by atoms with Crippen LogP contribution in [0.2, 0.25) is 0 Å². The van der Waals surface area contributed by atoms with Crippen LogP contribution in [0.1, 0.15) is 51.3 Å². The van der Waals surface area contributed by atoms with Gasteiger partial charge < -0.3 is 14.2 Å². The van der Waals surface area contributed by atoms with Gasteiger partial charge in [-0.25, -0.2) is 9.79 Å². The average molecular weight is 495 g/mol. The van der Waals surface area contributed by atoms with Gasteiger partial charge in [0.2, 0.25) is 5.91 Å². The number of carbonyl (C=O) groups excluding carboxylic acids is 2. The smallest absolute Gasteiger partial charge is 0.338 e. The van der Waals surface area contributed by atoms with Crippen LogP contribution < -0.4 is 9.47 Å². The highest BCUT2D eigenvalue weighted by Gasteiger charge is 2.47. The lowest BCUT2D eigenvalue weighted by atomic mass is 9.93. The van der Waals surface area contributed by atoms with Crippen LogP contribution in [0.5, 0.6) is 11.5 Å². The molecule has 0 bridgehead atoms. The van der Waals surface area contributed by atoms with Gasteiger partial charge in [0.1, 0.15) is 6.61 Å². The third kappa shape index (κ3) is 5.07. The Morgan fingerprint density at radius 2 is 1.74 bits per heavy atom. The molecule has 35 heavy (non-hydrogen) atoms. The Morgan fingerprint density at radius 1 is 1.03 bits per heavy atom. The number of ether oxygens (including phenoxy) is 3. The summed E-state index contributed by atoms with van der Waals surface area (Å²) < 4.78 is 17.3. The van der Waals surface area contributed by atoms with Crippen molar-refractivity contribution in [2.75, 3.05) is 13.2 Å². The number of rotatable bonds is 9. The van der Waals surface area contributed by atoms with E-state index in [1.807, 2.05) is 69.3 Å². The highest BCUT2D eigenvalue weighted by atomic mass is 32.2. The molecule has 0 radical (unpaired) electrons. The fourth-order valence-corrected chi connectivity index (χ4v) is 5.34. The molecular formula is C27H30N2O5S. The zero-order chi connectivity index (χ0) is 24.9. The third-order valence-corrected chi connectivity index (χ3v) is 7.16. The van der Waals surface area contributed by atoms with E-state index in [1.165, 1.54) is 11.8 Å². The Balaban J connectivity index is 1.75. The number of hydrogen-bond donors (Lipinski definition) is 0. The Hall–Kier alpha value is -3.26. The van der Waals surface area contributed by atoms with Gasteiger partial charge in [-0.1, -0.05) is 55.1 Å². The maximum absolute atomic E-state index is 13.4. The van der Waals surface area contributed by atoms with Gasteiger partial charge in [-0.3, -0.25) is 9.69 Å². The van der Waals surface area contributed by atoms with Crippen molar-refractivity contribution in [3.8, 4) is 11.5 Å². The van der Waals surface area contributed by atoms with E-state index < -0.39 is 12.0 Å². The predicted molar refractivity (Wildman–Crippen MR) is 136 cm³/mol. The Morgan fingerprint density at radius 3 is 2.43 bits per heavy atom. The number of hydrogen-bond acceptors (Lipinski definition) is 7. The molecule has 0 spiro atoms. The second kappa shape index (κ2) is 11.0. The number of amides is 1. The number of carbonyl (C=O) groups is 2. The maximum atomic E-state index is 13.4. The number of aliphatic imine (C=N–C) groups is 1. The first-order valence-electron chi connectivity index (χ1n) is 11.9. The summed E-state index contributed by atoms with van der Waals surface area (Å²) in [5.41, 5.74) is 2.51. The zero-order valence-corrected chi connectivity index (χ0v) is 21.3. The van der Waals surface area contributed by atoms with E-state index in [0.717, 1.165) is 11.1 Å². The van der Waals surface area contributed by atoms with Crippen LogP contribution in [0.4, 0.5) is 0 Å². The first kappa shape index (κ1) is 24.9. The van der Waals surface area contributed by atoms with E-state index in [4.69, 9.17) is 14.2 Å². The van der Waals surface area contributed by atoms with Gasteiger partial charge in [-0.2, -0.15) is 0 Å². The molecule has 1 amide bonds. The standard InChI is InChI=1S/C27H30N2O5S/c1-5-22-25(30)29-24(19-13-14-20(32-6-2)21(15-19)33-7-3)23(17(4)28-27(29)35-22)26(31)34-16-18-11-9-8-10-12-18/h8-15,22,24H,5-7,16H2,1-4H3/t22-,24+/m0/s1. The van der Waals surface area contributed by atoms with Crippen molar-refractivity contribution in [3.63, 3.8) is 0 Å². The summed E-state index contributed by atoms with van der Waals surface area (Å²) in [5, 5.41) is 0.369. The van der Waals surface area contributed by atoms with Crippen LogP contribution in [0, 0.1) is 0 Å². The maximum Gasteiger partial charge on any atom is 0.338 e. The molecule has 2 aromatic rings. The van der Waals surface area contributed by atoms with Gasteiger partial charge in [0.15, 0.2) is 16.7 Å². The molecule has 0 aromatic heterocycles. The molecule has 2 aliphatic rings. The molecule has 7 nitrogen and oxygen atoms in total. The van der Waals surface area contributed by atoms with Crippen molar-refractivity contribution < 1.29 is 23.8 Å². The molecule has 2 atom stereocenters. The Labute approximate surface area is 210 Å². The molecule has 4 rings (SSSR count). The van der Waals surface area contributed by atoms with Crippen molar-refractivity contribution in [2.45, 2.75) is 52.0 Å². The summed E-state index contributed by atoms with van der Waals surface area (Å²) >= 11 is 1.44. The van der Waals surface area contributed by atoms with E-state index in [-0.39, 0.29) is 17.8 Å². The van der Waals surface area contributed by atoms with Crippen LogP contribution in [0.15, 0.2) is 64.8 Å². The fraction of sp³-hybridized carbons (Fsp3) is 0.370. The quantitative estimate of drug-likeness (QED) is 0.442. The minimum Gasteiger partial charge on any atom is -0.490 e.